The quantitative estimate of drug-likeness (QED) is 0.127. The molecule has 3 rings (SSSR count). The van der Waals surface area contributed by atoms with Gasteiger partial charge in [-0.25, -0.2) is 19.2 Å². The van der Waals surface area contributed by atoms with Crippen LogP contribution in [0.5, 0.6) is 0 Å². The van der Waals surface area contributed by atoms with Crippen molar-refractivity contribution >= 4 is 35.3 Å². The Morgan fingerprint density at radius 2 is 1.00 bits per heavy atom. The van der Waals surface area contributed by atoms with Gasteiger partial charge in [-0.3, -0.25) is 20.2 Å². The van der Waals surface area contributed by atoms with Crippen molar-refractivity contribution in [3.63, 3.8) is 0 Å². The van der Waals surface area contributed by atoms with E-state index >= 15 is 0 Å². The Kier molecular flexibility index (Phi) is 10.4. The van der Waals surface area contributed by atoms with Gasteiger partial charge in [-0.05, 0) is 44.2 Å². The minimum atomic E-state index is -2.11. The van der Waals surface area contributed by atoms with Crippen LogP contribution in [-0.4, -0.2) is 46.9 Å². The Hall–Kier alpha value is -5.66. The molecule has 42 heavy (non-hydrogen) atoms. The molecule has 14 nitrogen and oxygen atoms in total. The number of esters is 4. The molecular formula is C28H24N2O12. The van der Waals surface area contributed by atoms with Crippen LogP contribution in [-0.2, 0) is 28.5 Å². The van der Waals surface area contributed by atoms with Crippen LogP contribution < -0.4 is 0 Å². The van der Waals surface area contributed by atoms with E-state index in [-0.39, 0.29) is 24.3 Å². The fourth-order valence-electron chi connectivity index (χ4n) is 3.76. The van der Waals surface area contributed by atoms with Crippen molar-refractivity contribution in [1.29, 1.82) is 0 Å². The topological polar surface area (TPSA) is 191 Å². The highest BCUT2D eigenvalue weighted by Gasteiger charge is 2.40. The predicted molar refractivity (Wildman–Crippen MR) is 142 cm³/mol. The zero-order valence-electron chi connectivity index (χ0n) is 22.3. The Balaban J connectivity index is 2.24. The fourth-order valence-corrected chi connectivity index (χ4v) is 3.76. The molecule has 0 aliphatic carbocycles. The molecule has 3 aromatic carbocycles. The van der Waals surface area contributed by atoms with Crippen LogP contribution in [0.3, 0.4) is 0 Å². The van der Waals surface area contributed by atoms with E-state index in [1.807, 2.05) is 0 Å². The van der Waals surface area contributed by atoms with Crippen molar-refractivity contribution < 1.29 is 48.0 Å². The maximum absolute atomic E-state index is 13.0. The first-order valence-electron chi connectivity index (χ1n) is 12.4. The predicted octanol–water partition coefficient (Wildman–Crippen LogP) is 4.43. The molecule has 0 N–H and O–H groups in total. The maximum Gasteiger partial charge on any atom is 0.352 e. The zero-order valence-corrected chi connectivity index (χ0v) is 22.3. The third kappa shape index (κ3) is 7.29. The van der Waals surface area contributed by atoms with Gasteiger partial charge in [0.1, 0.15) is 0 Å². The first-order valence-corrected chi connectivity index (χ1v) is 12.4. The average molecular weight is 581 g/mol. The lowest BCUT2D eigenvalue weighted by molar-refractivity contribution is -0.395. The third-order valence-electron chi connectivity index (χ3n) is 5.60. The van der Waals surface area contributed by atoms with E-state index in [1.54, 1.807) is 12.1 Å². The molecule has 0 bridgehead atoms. The number of benzene rings is 3. The lowest BCUT2D eigenvalue weighted by atomic mass is 9.98. The molecule has 218 valence electrons. The number of hydrogen-bond donors (Lipinski definition) is 0. The Morgan fingerprint density at radius 1 is 0.643 bits per heavy atom. The number of nitrogens with zero attached hydrogens (tertiary/aromatic N) is 2. The van der Waals surface area contributed by atoms with Gasteiger partial charge in [-0.1, -0.05) is 36.4 Å². The molecule has 2 atom stereocenters. The third-order valence-corrected chi connectivity index (χ3v) is 5.60. The summed E-state index contributed by atoms with van der Waals surface area (Å²) in [6, 6.07) is 15.9. The van der Waals surface area contributed by atoms with E-state index < -0.39 is 68.4 Å². The monoisotopic (exact) mass is 580 g/mol. The summed E-state index contributed by atoms with van der Waals surface area (Å²) in [5.41, 5.74) is -3.37. The fraction of sp³-hybridized carbons (Fsp3) is 0.214. The number of carbonyl (C=O) groups is 4. The molecule has 14 heteroatoms. The number of hydrogen-bond acceptors (Lipinski definition) is 12. The summed E-state index contributed by atoms with van der Waals surface area (Å²) in [7, 11) is 0. The summed E-state index contributed by atoms with van der Waals surface area (Å²) in [6.45, 7) is 2.44. The van der Waals surface area contributed by atoms with E-state index in [4.69, 9.17) is 18.9 Å². The summed E-state index contributed by atoms with van der Waals surface area (Å²) in [5, 5.41) is 24.1. The molecule has 0 spiro atoms. The van der Waals surface area contributed by atoms with Crippen LogP contribution in [0.4, 0.5) is 11.4 Å². The molecule has 0 aromatic heterocycles. The maximum atomic E-state index is 13.0. The Morgan fingerprint density at radius 3 is 1.31 bits per heavy atom. The van der Waals surface area contributed by atoms with Gasteiger partial charge in [0.15, 0.2) is 0 Å². The summed E-state index contributed by atoms with van der Waals surface area (Å²) < 4.78 is 20.6. The van der Waals surface area contributed by atoms with Crippen molar-refractivity contribution in [2.75, 3.05) is 13.2 Å². The second-order valence-corrected chi connectivity index (χ2v) is 8.29. The van der Waals surface area contributed by atoms with Gasteiger partial charge < -0.3 is 18.9 Å². The smallest absolute Gasteiger partial charge is 0.352 e. The number of ether oxygens (including phenoxy) is 4. The normalized spacial score (nSPS) is 11.9. The largest absolute Gasteiger partial charge is 0.463 e. The van der Waals surface area contributed by atoms with Gasteiger partial charge in [0.25, 0.3) is 11.4 Å². The number of nitro groups is 2. The minimum Gasteiger partial charge on any atom is -0.463 e. The highest BCUT2D eigenvalue weighted by atomic mass is 16.6. The van der Waals surface area contributed by atoms with Gasteiger partial charge >= 0.3 is 23.9 Å². The SMILES string of the molecule is CCOC(=O)[C@H](OC(=O)c1ccccc1)c1cc([C@@H](OC(=O)c2ccccc2)C(=O)OCC)c([N+](=O)[O-])cc1[N+](=O)[O-]. The highest BCUT2D eigenvalue weighted by molar-refractivity contribution is 5.93. The van der Waals surface area contributed by atoms with Crippen LogP contribution in [0.2, 0.25) is 0 Å². The zero-order chi connectivity index (χ0) is 30.8. The van der Waals surface area contributed by atoms with Gasteiger partial charge in [0, 0.05) is 0 Å². The van der Waals surface area contributed by atoms with Gasteiger partial charge in [0.2, 0.25) is 12.2 Å². The van der Waals surface area contributed by atoms with Crippen LogP contribution in [0, 0.1) is 20.2 Å². The summed E-state index contributed by atoms with van der Waals surface area (Å²) >= 11 is 0. The van der Waals surface area contributed by atoms with Crippen LogP contribution >= 0.6 is 0 Å². The molecule has 0 aliphatic rings. The first-order chi connectivity index (χ1) is 20.1. The van der Waals surface area contributed by atoms with Crippen LogP contribution in [0.15, 0.2) is 72.8 Å². The number of nitro benzene ring substituents is 2. The van der Waals surface area contributed by atoms with Crippen molar-refractivity contribution in [1.82, 2.24) is 0 Å². The second-order valence-electron chi connectivity index (χ2n) is 8.29. The van der Waals surface area contributed by atoms with Crippen molar-refractivity contribution in [3.05, 3.63) is 115 Å². The molecule has 0 amide bonds. The molecule has 0 fully saturated rings. The molecular weight excluding hydrogens is 556 g/mol. The molecule has 0 unspecified atom stereocenters. The summed E-state index contributed by atoms with van der Waals surface area (Å²) in [5.74, 6) is -4.61. The molecule has 3 aromatic rings. The first kappa shape index (κ1) is 30.9. The van der Waals surface area contributed by atoms with Crippen molar-refractivity contribution in [2.24, 2.45) is 0 Å². The standard InChI is InChI=1S/C28H24N2O12/c1-3-39-27(33)23(41-25(31)17-11-7-5-8-12-17)19-15-20(22(30(37)38)16-21(19)29(35)36)24(28(34)40-4-2)42-26(32)18-13-9-6-10-14-18/h5-16,23-24H,3-4H2,1-2H3/t23-,24-/m1/s1. The average Bonchev–Trinajstić information content (AvgIpc) is 2.98. The second kappa shape index (κ2) is 14.1. The molecule has 0 saturated heterocycles. The Labute approximate surface area is 238 Å². The van der Waals surface area contributed by atoms with E-state index in [0.29, 0.717) is 6.07 Å². The lowest BCUT2D eigenvalue weighted by Gasteiger charge is -2.20. The van der Waals surface area contributed by atoms with E-state index in [2.05, 4.69) is 0 Å². The highest BCUT2D eigenvalue weighted by Crippen LogP contribution is 2.39. The summed E-state index contributed by atoms with van der Waals surface area (Å²) in [4.78, 5) is 73.6. The van der Waals surface area contributed by atoms with Crippen LogP contribution in [0.25, 0.3) is 0 Å². The van der Waals surface area contributed by atoms with Crippen molar-refractivity contribution in [3.8, 4) is 0 Å². The van der Waals surface area contributed by atoms with E-state index in [9.17, 15) is 39.4 Å². The van der Waals surface area contributed by atoms with Gasteiger partial charge in [-0.15, -0.1) is 0 Å². The minimum absolute atomic E-state index is 0.0159. The Bertz CT molecular complexity index is 1380. The molecule has 0 heterocycles. The van der Waals surface area contributed by atoms with Gasteiger partial charge in [0.05, 0.1) is 51.4 Å². The lowest BCUT2D eigenvalue weighted by Crippen LogP contribution is -2.26. The van der Waals surface area contributed by atoms with E-state index in [1.165, 1.54) is 62.4 Å². The van der Waals surface area contributed by atoms with Gasteiger partial charge in [-0.2, -0.15) is 0 Å². The molecule has 0 radical (unpaired) electrons. The van der Waals surface area contributed by atoms with E-state index in [0.717, 1.165) is 6.07 Å². The molecule has 0 saturated carbocycles. The number of rotatable bonds is 12. The molecule has 0 aliphatic heterocycles. The number of carbonyl (C=O) groups excluding carboxylic acids is 4. The van der Waals surface area contributed by atoms with Crippen molar-refractivity contribution in [2.45, 2.75) is 26.1 Å². The van der Waals surface area contributed by atoms with Crippen LogP contribution in [0.1, 0.15) is 57.9 Å². The summed E-state index contributed by atoms with van der Waals surface area (Å²) in [6.07, 6.45) is -4.21.